The molecular formula is C15H13ClF2O4. The van der Waals surface area contributed by atoms with Gasteiger partial charge in [0.15, 0.2) is 0 Å². The van der Waals surface area contributed by atoms with Gasteiger partial charge in [-0.05, 0) is 35.4 Å². The Hall–Kier alpha value is -1.89. The summed E-state index contributed by atoms with van der Waals surface area (Å²) in [6.45, 7) is -3.23. The van der Waals surface area contributed by atoms with Gasteiger partial charge in [0.1, 0.15) is 17.6 Å². The van der Waals surface area contributed by atoms with Crippen molar-refractivity contribution in [1.29, 1.82) is 0 Å². The van der Waals surface area contributed by atoms with Crippen molar-refractivity contribution in [3.63, 3.8) is 0 Å². The minimum absolute atomic E-state index is 0.0445. The van der Waals surface area contributed by atoms with Crippen LogP contribution in [0.4, 0.5) is 8.78 Å². The standard InChI is InChI=1S/C15H13ClF2O4/c16-11-5-8(7-19)6-12(20)13(11)14(21)9-1-3-10(4-2-9)22-15(17)18/h1-6,14-15,19-21H,7H2. The van der Waals surface area contributed by atoms with E-state index in [-0.39, 0.29) is 28.7 Å². The highest BCUT2D eigenvalue weighted by molar-refractivity contribution is 6.31. The molecule has 3 N–H and O–H groups in total. The minimum atomic E-state index is -2.93. The van der Waals surface area contributed by atoms with E-state index >= 15 is 0 Å². The zero-order valence-electron chi connectivity index (χ0n) is 11.2. The van der Waals surface area contributed by atoms with Gasteiger partial charge in [0.2, 0.25) is 0 Å². The Bertz CT molecular complexity index is 623. The Labute approximate surface area is 130 Å². The predicted octanol–water partition coefficient (Wildman–Crippen LogP) is 3.22. The topological polar surface area (TPSA) is 69.9 Å². The summed E-state index contributed by atoms with van der Waals surface area (Å²) in [4.78, 5) is 0. The van der Waals surface area contributed by atoms with Crippen LogP contribution in [0, 0.1) is 0 Å². The lowest BCUT2D eigenvalue weighted by atomic mass is 9.99. The number of aliphatic hydroxyl groups is 2. The molecule has 22 heavy (non-hydrogen) atoms. The Morgan fingerprint density at radius 1 is 1.14 bits per heavy atom. The molecule has 2 rings (SSSR count). The number of phenols is 1. The van der Waals surface area contributed by atoms with E-state index in [9.17, 15) is 19.0 Å². The molecule has 118 valence electrons. The Morgan fingerprint density at radius 3 is 2.27 bits per heavy atom. The van der Waals surface area contributed by atoms with Crippen molar-refractivity contribution in [3.8, 4) is 11.5 Å². The van der Waals surface area contributed by atoms with Crippen LogP contribution < -0.4 is 4.74 Å². The van der Waals surface area contributed by atoms with Crippen molar-refractivity contribution in [2.45, 2.75) is 19.3 Å². The van der Waals surface area contributed by atoms with E-state index in [0.717, 1.165) is 0 Å². The molecule has 0 saturated carbocycles. The third-order valence-corrected chi connectivity index (χ3v) is 3.36. The summed E-state index contributed by atoms with van der Waals surface area (Å²) < 4.78 is 28.4. The lowest BCUT2D eigenvalue weighted by Crippen LogP contribution is -2.04. The molecule has 0 fully saturated rings. The molecule has 0 radical (unpaired) electrons. The van der Waals surface area contributed by atoms with Crippen molar-refractivity contribution in [2.75, 3.05) is 0 Å². The van der Waals surface area contributed by atoms with Gasteiger partial charge in [0.05, 0.1) is 11.6 Å². The highest BCUT2D eigenvalue weighted by Crippen LogP contribution is 2.36. The molecule has 0 amide bonds. The van der Waals surface area contributed by atoms with Gasteiger partial charge in [-0.3, -0.25) is 0 Å². The first-order valence-electron chi connectivity index (χ1n) is 6.27. The summed E-state index contributed by atoms with van der Waals surface area (Å²) >= 11 is 6.00. The smallest absolute Gasteiger partial charge is 0.387 e. The second kappa shape index (κ2) is 6.91. The first-order chi connectivity index (χ1) is 10.4. The van der Waals surface area contributed by atoms with Crippen LogP contribution in [-0.4, -0.2) is 21.9 Å². The van der Waals surface area contributed by atoms with Gasteiger partial charge in [-0.1, -0.05) is 23.7 Å². The van der Waals surface area contributed by atoms with Crippen molar-refractivity contribution in [2.24, 2.45) is 0 Å². The van der Waals surface area contributed by atoms with Crippen LogP contribution in [0.1, 0.15) is 22.8 Å². The number of hydrogen-bond donors (Lipinski definition) is 3. The zero-order valence-corrected chi connectivity index (χ0v) is 12.0. The first kappa shape index (κ1) is 16.5. The summed E-state index contributed by atoms with van der Waals surface area (Å²) in [5.74, 6) is -0.311. The van der Waals surface area contributed by atoms with Crippen molar-refractivity contribution in [1.82, 2.24) is 0 Å². The van der Waals surface area contributed by atoms with Gasteiger partial charge >= 0.3 is 6.61 Å². The molecule has 0 saturated heterocycles. The van der Waals surface area contributed by atoms with Crippen LogP contribution in [0.5, 0.6) is 11.5 Å². The summed E-state index contributed by atoms with van der Waals surface area (Å²) in [6.07, 6.45) is -1.25. The SMILES string of the molecule is OCc1cc(O)c(C(O)c2ccc(OC(F)F)cc2)c(Cl)c1. The number of aromatic hydroxyl groups is 1. The molecule has 7 heteroatoms. The van der Waals surface area contributed by atoms with E-state index in [1.165, 1.54) is 36.4 Å². The molecule has 2 aromatic rings. The summed E-state index contributed by atoms with van der Waals surface area (Å²) in [6, 6.07) is 8.04. The summed E-state index contributed by atoms with van der Waals surface area (Å²) in [5, 5.41) is 29.3. The molecule has 0 spiro atoms. The van der Waals surface area contributed by atoms with Gasteiger partial charge in [-0.15, -0.1) is 0 Å². The first-order valence-corrected chi connectivity index (χ1v) is 6.65. The fraction of sp³-hybridized carbons (Fsp3) is 0.200. The van der Waals surface area contributed by atoms with Crippen molar-refractivity contribution < 1.29 is 28.8 Å². The van der Waals surface area contributed by atoms with E-state index < -0.39 is 12.7 Å². The number of halogens is 3. The average molecular weight is 331 g/mol. The second-order valence-corrected chi connectivity index (χ2v) is 4.93. The fourth-order valence-electron chi connectivity index (χ4n) is 2.02. The van der Waals surface area contributed by atoms with E-state index in [2.05, 4.69) is 4.74 Å². The van der Waals surface area contributed by atoms with E-state index in [1.54, 1.807) is 0 Å². The molecule has 1 unspecified atom stereocenters. The van der Waals surface area contributed by atoms with Gasteiger partial charge in [0.25, 0.3) is 0 Å². The number of phenolic OH excluding ortho intramolecular Hbond substituents is 1. The van der Waals surface area contributed by atoms with Crippen LogP contribution in [0.15, 0.2) is 36.4 Å². The molecular weight excluding hydrogens is 318 g/mol. The maximum absolute atomic E-state index is 12.1. The monoisotopic (exact) mass is 330 g/mol. The predicted molar refractivity (Wildman–Crippen MR) is 76.2 cm³/mol. The molecule has 0 aliphatic carbocycles. The molecule has 2 aromatic carbocycles. The third kappa shape index (κ3) is 3.65. The number of alkyl halides is 2. The quantitative estimate of drug-likeness (QED) is 0.787. The van der Waals surface area contributed by atoms with Crippen molar-refractivity contribution in [3.05, 3.63) is 58.1 Å². The second-order valence-electron chi connectivity index (χ2n) is 4.52. The molecule has 0 bridgehead atoms. The molecule has 1 atom stereocenters. The zero-order chi connectivity index (χ0) is 16.3. The van der Waals surface area contributed by atoms with E-state index in [4.69, 9.17) is 16.7 Å². The highest BCUT2D eigenvalue weighted by atomic mass is 35.5. The largest absolute Gasteiger partial charge is 0.507 e. The Morgan fingerprint density at radius 2 is 1.77 bits per heavy atom. The van der Waals surface area contributed by atoms with Crippen LogP contribution in [0.3, 0.4) is 0 Å². The summed E-state index contributed by atoms with van der Waals surface area (Å²) in [7, 11) is 0. The van der Waals surface area contributed by atoms with Gasteiger partial charge in [0, 0.05) is 5.56 Å². The Balaban J connectivity index is 2.30. The number of ether oxygens (including phenoxy) is 1. The minimum Gasteiger partial charge on any atom is -0.507 e. The Kier molecular flexibility index (Phi) is 5.18. The lowest BCUT2D eigenvalue weighted by molar-refractivity contribution is -0.0498. The average Bonchev–Trinajstić information content (AvgIpc) is 2.46. The lowest BCUT2D eigenvalue weighted by Gasteiger charge is -2.16. The van der Waals surface area contributed by atoms with Crippen LogP contribution in [-0.2, 0) is 6.61 Å². The molecule has 0 aromatic heterocycles. The van der Waals surface area contributed by atoms with Gasteiger partial charge in [-0.2, -0.15) is 8.78 Å². The summed E-state index contributed by atoms with van der Waals surface area (Å²) in [5.41, 5.74) is 0.816. The molecule has 0 aliphatic heterocycles. The van der Waals surface area contributed by atoms with Crippen LogP contribution >= 0.6 is 11.6 Å². The van der Waals surface area contributed by atoms with Gasteiger partial charge in [-0.25, -0.2) is 0 Å². The van der Waals surface area contributed by atoms with Crippen LogP contribution in [0.2, 0.25) is 5.02 Å². The number of hydrogen-bond acceptors (Lipinski definition) is 4. The van der Waals surface area contributed by atoms with Crippen molar-refractivity contribution >= 4 is 11.6 Å². The van der Waals surface area contributed by atoms with Crippen LogP contribution in [0.25, 0.3) is 0 Å². The maximum atomic E-state index is 12.1. The molecule has 0 heterocycles. The number of rotatable bonds is 5. The fourth-order valence-corrected chi connectivity index (χ4v) is 2.36. The molecule has 4 nitrogen and oxygen atoms in total. The van der Waals surface area contributed by atoms with E-state index in [1.807, 2.05) is 0 Å². The molecule has 0 aliphatic rings. The maximum Gasteiger partial charge on any atom is 0.387 e. The van der Waals surface area contributed by atoms with Gasteiger partial charge < -0.3 is 20.1 Å². The third-order valence-electron chi connectivity index (χ3n) is 3.04. The normalized spacial score (nSPS) is 12.5. The number of benzene rings is 2. The highest BCUT2D eigenvalue weighted by Gasteiger charge is 2.19. The number of aliphatic hydroxyl groups excluding tert-OH is 2. The van der Waals surface area contributed by atoms with E-state index in [0.29, 0.717) is 11.1 Å².